The van der Waals surface area contributed by atoms with Crippen molar-refractivity contribution in [1.82, 2.24) is 9.55 Å². The highest BCUT2D eigenvalue weighted by Crippen LogP contribution is 2.27. The van der Waals surface area contributed by atoms with Gasteiger partial charge in [0.1, 0.15) is 0 Å². The highest BCUT2D eigenvalue weighted by atomic mass is 32.2. The first kappa shape index (κ1) is 14.9. The second kappa shape index (κ2) is 6.27. The molecule has 0 aliphatic carbocycles. The van der Waals surface area contributed by atoms with Crippen LogP contribution in [0.15, 0.2) is 45.3 Å². The van der Waals surface area contributed by atoms with Crippen LogP contribution in [-0.4, -0.2) is 9.55 Å². The van der Waals surface area contributed by atoms with Crippen molar-refractivity contribution in [2.24, 2.45) is 5.92 Å². The van der Waals surface area contributed by atoms with Crippen molar-refractivity contribution in [3.8, 4) is 0 Å². The van der Waals surface area contributed by atoms with Gasteiger partial charge in [-0.25, -0.2) is 4.98 Å². The second-order valence-electron chi connectivity index (χ2n) is 5.45. The van der Waals surface area contributed by atoms with E-state index in [9.17, 15) is 4.79 Å². The van der Waals surface area contributed by atoms with Crippen molar-refractivity contribution in [1.29, 1.82) is 0 Å². The number of nitrogens with zero attached hydrogens (tertiary/aromatic N) is 2. The Balaban J connectivity index is 2.34. The van der Waals surface area contributed by atoms with E-state index in [1.54, 1.807) is 17.0 Å². The Hall–Kier alpha value is -1.55. The van der Waals surface area contributed by atoms with Crippen LogP contribution in [0.5, 0.6) is 0 Å². The molecule has 1 aromatic heterocycles. The van der Waals surface area contributed by atoms with E-state index in [2.05, 4.69) is 50.9 Å². The molecule has 20 heavy (non-hydrogen) atoms. The Morgan fingerprint density at radius 3 is 2.75 bits per heavy atom. The fraction of sp³-hybridized carbons (Fsp3) is 0.375. The van der Waals surface area contributed by atoms with Gasteiger partial charge >= 0.3 is 0 Å². The lowest BCUT2D eigenvalue weighted by Gasteiger charge is -2.10. The first-order chi connectivity index (χ1) is 9.47. The third-order valence-corrected chi connectivity index (χ3v) is 4.13. The SMILES string of the molecule is Cc1ccc(C)c(Sc2nccn(CC(C)C)c2=O)c1. The van der Waals surface area contributed by atoms with Crippen LogP contribution in [0.1, 0.15) is 25.0 Å². The maximum absolute atomic E-state index is 12.4. The van der Waals surface area contributed by atoms with Gasteiger partial charge < -0.3 is 4.57 Å². The highest BCUT2D eigenvalue weighted by molar-refractivity contribution is 7.99. The van der Waals surface area contributed by atoms with Gasteiger partial charge in [0.05, 0.1) is 0 Å². The molecular formula is C16H20N2OS. The number of aryl methyl sites for hydroxylation is 2. The van der Waals surface area contributed by atoms with Crippen LogP contribution in [0.4, 0.5) is 0 Å². The number of benzene rings is 1. The molecule has 0 N–H and O–H groups in total. The molecule has 1 heterocycles. The van der Waals surface area contributed by atoms with Gasteiger partial charge in [0.15, 0.2) is 5.03 Å². The summed E-state index contributed by atoms with van der Waals surface area (Å²) < 4.78 is 1.74. The predicted octanol–water partition coefficient (Wildman–Crippen LogP) is 3.67. The summed E-state index contributed by atoms with van der Waals surface area (Å²) in [6.45, 7) is 9.03. The van der Waals surface area contributed by atoms with E-state index in [1.807, 2.05) is 0 Å². The summed E-state index contributed by atoms with van der Waals surface area (Å²) in [5.74, 6) is 0.439. The Labute approximate surface area is 124 Å². The van der Waals surface area contributed by atoms with Gasteiger partial charge in [0.2, 0.25) is 0 Å². The minimum Gasteiger partial charge on any atom is -0.311 e. The Bertz CT molecular complexity index is 662. The lowest BCUT2D eigenvalue weighted by molar-refractivity contribution is 0.502. The molecule has 1 aromatic carbocycles. The van der Waals surface area contributed by atoms with E-state index >= 15 is 0 Å². The summed E-state index contributed by atoms with van der Waals surface area (Å²) >= 11 is 1.45. The number of hydrogen-bond donors (Lipinski definition) is 0. The molecular weight excluding hydrogens is 268 g/mol. The summed E-state index contributed by atoms with van der Waals surface area (Å²) in [5, 5.41) is 0.543. The topological polar surface area (TPSA) is 34.9 Å². The molecule has 0 amide bonds. The normalized spacial score (nSPS) is 11.1. The molecule has 0 fully saturated rings. The van der Waals surface area contributed by atoms with Gasteiger partial charge in [0, 0.05) is 23.8 Å². The number of hydrogen-bond acceptors (Lipinski definition) is 3. The Morgan fingerprint density at radius 1 is 1.30 bits per heavy atom. The summed E-state index contributed by atoms with van der Waals surface area (Å²) in [5.41, 5.74) is 2.35. The molecule has 0 spiro atoms. The summed E-state index contributed by atoms with van der Waals surface area (Å²) in [6, 6.07) is 6.25. The third-order valence-electron chi connectivity index (χ3n) is 2.99. The zero-order valence-corrected chi connectivity index (χ0v) is 13.2. The first-order valence-electron chi connectivity index (χ1n) is 6.78. The summed E-state index contributed by atoms with van der Waals surface area (Å²) in [7, 11) is 0. The van der Waals surface area contributed by atoms with Crippen LogP contribution in [0.2, 0.25) is 0 Å². The van der Waals surface area contributed by atoms with Gasteiger partial charge in [-0.15, -0.1) is 0 Å². The quantitative estimate of drug-likeness (QED) is 0.861. The fourth-order valence-electron chi connectivity index (χ4n) is 1.96. The minimum absolute atomic E-state index is 0.00731. The van der Waals surface area contributed by atoms with Crippen molar-refractivity contribution < 1.29 is 0 Å². The highest BCUT2D eigenvalue weighted by Gasteiger charge is 2.09. The van der Waals surface area contributed by atoms with E-state index in [1.165, 1.54) is 22.9 Å². The lowest BCUT2D eigenvalue weighted by atomic mass is 10.2. The molecule has 3 nitrogen and oxygen atoms in total. The van der Waals surface area contributed by atoms with Gasteiger partial charge in [-0.1, -0.05) is 37.7 Å². The smallest absolute Gasteiger partial charge is 0.283 e. The molecule has 2 rings (SSSR count). The van der Waals surface area contributed by atoms with Gasteiger partial charge in [-0.3, -0.25) is 4.79 Å². The average Bonchev–Trinajstić information content (AvgIpc) is 2.38. The van der Waals surface area contributed by atoms with Crippen molar-refractivity contribution in [2.45, 2.75) is 44.2 Å². The van der Waals surface area contributed by atoms with Gasteiger partial charge in [0.25, 0.3) is 5.56 Å². The molecule has 0 unspecified atom stereocenters. The van der Waals surface area contributed by atoms with Crippen molar-refractivity contribution >= 4 is 11.8 Å². The molecule has 0 aliphatic heterocycles. The number of aromatic nitrogens is 2. The minimum atomic E-state index is -0.00731. The molecule has 106 valence electrons. The second-order valence-corrected chi connectivity index (χ2v) is 6.49. The molecule has 0 saturated heterocycles. The molecule has 0 saturated carbocycles. The van der Waals surface area contributed by atoms with Gasteiger partial charge in [-0.2, -0.15) is 0 Å². The monoisotopic (exact) mass is 288 g/mol. The molecule has 4 heteroatoms. The van der Waals surface area contributed by atoms with Crippen LogP contribution in [0.25, 0.3) is 0 Å². The van der Waals surface area contributed by atoms with Crippen LogP contribution in [-0.2, 0) is 6.54 Å². The third kappa shape index (κ3) is 3.51. The van der Waals surface area contributed by atoms with Crippen molar-refractivity contribution in [2.75, 3.05) is 0 Å². The predicted molar refractivity (Wildman–Crippen MR) is 83.4 cm³/mol. The lowest BCUT2D eigenvalue weighted by Crippen LogP contribution is -2.24. The molecule has 0 bridgehead atoms. The molecule has 0 aliphatic rings. The van der Waals surface area contributed by atoms with E-state index in [4.69, 9.17) is 0 Å². The largest absolute Gasteiger partial charge is 0.311 e. The van der Waals surface area contributed by atoms with E-state index < -0.39 is 0 Å². The zero-order chi connectivity index (χ0) is 14.7. The van der Waals surface area contributed by atoms with E-state index in [-0.39, 0.29) is 5.56 Å². The standard InChI is InChI=1S/C16H20N2OS/c1-11(2)10-18-8-7-17-15(16(18)19)20-14-9-12(3)5-6-13(14)4/h5-9,11H,10H2,1-4H3. The molecule has 0 radical (unpaired) electrons. The van der Waals surface area contributed by atoms with Gasteiger partial charge in [-0.05, 0) is 37.0 Å². The van der Waals surface area contributed by atoms with Crippen molar-refractivity contribution in [3.05, 3.63) is 52.1 Å². The first-order valence-corrected chi connectivity index (χ1v) is 7.59. The maximum atomic E-state index is 12.4. The molecule has 0 atom stereocenters. The number of rotatable bonds is 4. The Morgan fingerprint density at radius 2 is 2.05 bits per heavy atom. The average molecular weight is 288 g/mol. The van der Waals surface area contributed by atoms with Crippen LogP contribution >= 0.6 is 11.8 Å². The summed E-state index contributed by atoms with van der Waals surface area (Å²) in [4.78, 5) is 17.7. The van der Waals surface area contributed by atoms with Crippen LogP contribution in [0.3, 0.4) is 0 Å². The Kier molecular flexibility index (Phi) is 4.65. The van der Waals surface area contributed by atoms with Crippen LogP contribution < -0.4 is 5.56 Å². The molecule has 2 aromatic rings. The van der Waals surface area contributed by atoms with E-state index in [0.29, 0.717) is 10.9 Å². The van der Waals surface area contributed by atoms with E-state index in [0.717, 1.165) is 11.4 Å². The van der Waals surface area contributed by atoms with Crippen molar-refractivity contribution in [3.63, 3.8) is 0 Å². The maximum Gasteiger partial charge on any atom is 0.283 e. The summed E-state index contributed by atoms with van der Waals surface area (Å²) in [6.07, 6.45) is 3.47. The van der Waals surface area contributed by atoms with Crippen LogP contribution in [0, 0.1) is 19.8 Å². The fourth-order valence-corrected chi connectivity index (χ4v) is 2.96. The zero-order valence-electron chi connectivity index (χ0n) is 12.4.